The number of thioether (sulfide) groups is 1. The molecular formula is C9H18N2O2S. The third kappa shape index (κ3) is 8.19. The lowest BCUT2D eigenvalue weighted by molar-refractivity contribution is -0.113. The third-order valence-corrected chi connectivity index (χ3v) is 2.11. The quantitative estimate of drug-likeness (QED) is 0.733. The predicted molar refractivity (Wildman–Crippen MR) is 58.6 cm³/mol. The van der Waals surface area contributed by atoms with E-state index in [2.05, 4.69) is 10.2 Å². The summed E-state index contributed by atoms with van der Waals surface area (Å²) in [5.74, 6) is 0. The van der Waals surface area contributed by atoms with Crippen LogP contribution in [-0.2, 0) is 4.79 Å². The molecular weight excluding hydrogens is 200 g/mol. The van der Waals surface area contributed by atoms with E-state index in [9.17, 15) is 4.79 Å². The Bertz CT molecular complexity index is 211. The summed E-state index contributed by atoms with van der Waals surface area (Å²) in [5, 5.41) is 16.4. The van der Waals surface area contributed by atoms with Crippen molar-refractivity contribution in [2.75, 3.05) is 13.2 Å². The second-order valence-corrected chi connectivity index (χ2v) is 5.55. The van der Waals surface area contributed by atoms with Crippen LogP contribution in [0.2, 0.25) is 0 Å². The average Bonchev–Trinajstić information content (AvgIpc) is 2.01. The van der Waals surface area contributed by atoms with Gasteiger partial charge in [0.15, 0.2) is 0 Å². The number of carbonyl (C=O) groups excluding carboxylic acids is 1. The van der Waals surface area contributed by atoms with Gasteiger partial charge in [0.25, 0.3) is 0 Å². The summed E-state index contributed by atoms with van der Waals surface area (Å²) >= 11 is 1.11. The van der Waals surface area contributed by atoms with Gasteiger partial charge in [-0.1, -0.05) is 18.7 Å². The minimum atomic E-state index is -0.411. The Labute approximate surface area is 89.2 Å². The zero-order valence-corrected chi connectivity index (χ0v) is 9.97. The van der Waals surface area contributed by atoms with Crippen LogP contribution in [0.5, 0.6) is 0 Å². The summed E-state index contributed by atoms with van der Waals surface area (Å²) in [6.07, 6.45) is 0. The standard InChI is InChI=1S/C9H18N2O2S/c1-7(14-8(13)6-12)5-10-11-9(2,3)4/h7,12H,5-6H2,1-4H3/b11-10+. The maximum atomic E-state index is 10.8. The van der Waals surface area contributed by atoms with Crippen molar-refractivity contribution in [2.24, 2.45) is 10.2 Å². The van der Waals surface area contributed by atoms with E-state index < -0.39 is 6.61 Å². The van der Waals surface area contributed by atoms with E-state index in [1.807, 2.05) is 27.7 Å². The molecule has 0 aromatic rings. The first-order valence-corrected chi connectivity index (χ1v) is 5.42. The molecule has 1 atom stereocenters. The highest BCUT2D eigenvalue weighted by Crippen LogP contribution is 2.13. The smallest absolute Gasteiger partial charge is 0.214 e. The fourth-order valence-corrected chi connectivity index (χ4v) is 1.33. The topological polar surface area (TPSA) is 62.0 Å². The van der Waals surface area contributed by atoms with Crippen molar-refractivity contribution in [1.29, 1.82) is 0 Å². The van der Waals surface area contributed by atoms with Crippen LogP contribution >= 0.6 is 11.8 Å². The van der Waals surface area contributed by atoms with Crippen LogP contribution in [0.15, 0.2) is 10.2 Å². The molecule has 0 amide bonds. The summed E-state index contributed by atoms with van der Waals surface area (Å²) in [5.41, 5.74) is -0.161. The summed E-state index contributed by atoms with van der Waals surface area (Å²) < 4.78 is 0. The van der Waals surface area contributed by atoms with Gasteiger partial charge in [0.05, 0.1) is 12.1 Å². The van der Waals surface area contributed by atoms with E-state index in [1.54, 1.807) is 0 Å². The molecule has 0 aliphatic carbocycles. The van der Waals surface area contributed by atoms with Crippen LogP contribution in [0.1, 0.15) is 27.7 Å². The Morgan fingerprint density at radius 3 is 2.50 bits per heavy atom. The number of aliphatic hydroxyl groups is 1. The van der Waals surface area contributed by atoms with Gasteiger partial charge in [-0.05, 0) is 20.8 Å². The van der Waals surface area contributed by atoms with E-state index in [1.165, 1.54) is 0 Å². The summed E-state index contributed by atoms with van der Waals surface area (Å²) in [6.45, 7) is 7.88. The molecule has 0 saturated heterocycles. The lowest BCUT2D eigenvalue weighted by Gasteiger charge is -2.10. The fraction of sp³-hybridized carbons (Fsp3) is 0.889. The van der Waals surface area contributed by atoms with Crippen LogP contribution in [0.3, 0.4) is 0 Å². The van der Waals surface area contributed by atoms with Crippen molar-refractivity contribution in [2.45, 2.75) is 38.5 Å². The summed E-state index contributed by atoms with van der Waals surface area (Å²) in [6, 6.07) is 0. The zero-order valence-electron chi connectivity index (χ0n) is 9.15. The van der Waals surface area contributed by atoms with Gasteiger partial charge in [0, 0.05) is 5.25 Å². The maximum Gasteiger partial charge on any atom is 0.214 e. The first-order chi connectivity index (χ1) is 6.35. The van der Waals surface area contributed by atoms with E-state index in [0.717, 1.165) is 11.8 Å². The van der Waals surface area contributed by atoms with Crippen molar-refractivity contribution in [3.8, 4) is 0 Å². The van der Waals surface area contributed by atoms with E-state index in [-0.39, 0.29) is 15.9 Å². The highest BCUT2D eigenvalue weighted by atomic mass is 32.2. The Kier molecular flexibility index (Phi) is 5.95. The second-order valence-electron chi connectivity index (χ2n) is 4.05. The first-order valence-electron chi connectivity index (χ1n) is 4.54. The van der Waals surface area contributed by atoms with Crippen LogP contribution in [0, 0.1) is 0 Å². The molecule has 0 rings (SSSR count). The van der Waals surface area contributed by atoms with Gasteiger partial charge in [0.1, 0.15) is 6.61 Å². The molecule has 0 saturated carbocycles. The van der Waals surface area contributed by atoms with Gasteiger partial charge in [-0.2, -0.15) is 10.2 Å². The van der Waals surface area contributed by atoms with Crippen molar-refractivity contribution in [3.63, 3.8) is 0 Å². The molecule has 0 aliphatic rings. The third-order valence-electron chi connectivity index (χ3n) is 1.17. The highest BCUT2D eigenvalue weighted by Gasteiger charge is 2.10. The van der Waals surface area contributed by atoms with Crippen molar-refractivity contribution >= 4 is 16.9 Å². The molecule has 14 heavy (non-hydrogen) atoms. The predicted octanol–water partition coefficient (Wildman–Crippen LogP) is 1.88. The molecule has 82 valence electrons. The number of aliphatic hydroxyl groups excluding tert-OH is 1. The zero-order chi connectivity index (χ0) is 11.2. The van der Waals surface area contributed by atoms with Gasteiger partial charge >= 0.3 is 0 Å². The summed E-state index contributed by atoms with van der Waals surface area (Å²) in [4.78, 5) is 10.8. The Balaban J connectivity index is 3.80. The largest absolute Gasteiger partial charge is 0.388 e. The molecule has 0 bridgehead atoms. The molecule has 0 spiro atoms. The monoisotopic (exact) mass is 218 g/mol. The minimum absolute atomic E-state index is 0.0701. The number of carbonyl (C=O) groups is 1. The SMILES string of the molecule is CC(C/N=N/C(C)(C)C)SC(=O)CO. The molecule has 0 aliphatic heterocycles. The Morgan fingerprint density at radius 2 is 2.07 bits per heavy atom. The van der Waals surface area contributed by atoms with E-state index >= 15 is 0 Å². The molecule has 1 N–H and O–H groups in total. The van der Waals surface area contributed by atoms with Crippen LogP contribution in [0.4, 0.5) is 0 Å². The van der Waals surface area contributed by atoms with Crippen molar-refractivity contribution in [1.82, 2.24) is 0 Å². The molecule has 0 fully saturated rings. The Hall–Kier alpha value is -0.420. The molecule has 0 heterocycles. The number of azo groups is 1. The summed E-state index contributed by atoms with van der Waals surface area (Å²) in [7, 11) is 0. The lowest BCUT2D eigenvalue weighted by atomic mass is 10.1. The molecule has 1 unspecified atom stereocenters. The number of hydrogen-bond donors (Lipinski definition) is 1. The van der Waals surface area contributed by atoms with Crippen LogP contribution in [-0.4, -0.2) is 34.2 Å². The minimum Gasteiger partial charge on any atom is -0.388 e. The average molecular weight is 218 g/mol. The molecule has 4 nitrogen and oxygen atoms in total. The van der Waals surface area contributed by atoms with Crippen LogP contribution in [0.25, 0.3) is 0 Å². The van der Waals surface area contributed by atoms with E-state index in [4.69, 9.17) is 5.11 Å². The maximum absolute atomic E-state index is 10.8. The van der Waals surface area contributed by atoms with Gasteiger partial charge in [-0.15, -0.1) is 0 Å². The van der Waals surface area contributed by atoms with Gasteiger partial charge in [0.2, 0.25) is 5.12 Å². The second kappa shape index (κ2) is 6.14. The molecule has 0 aromatic carbocycles. The number of rotatable bonds is 4. The molecule has 5 heteroatoms. The lowest BCUT2D eigenvalue weighted by Crippen LogP contribution is -2.11. The van der Waals surface area contributed by atoms with Gasteiger partial charge in [-0.25, -0.2) is 0 Å². The Morgan fingerprint density at radius 1 is 1.50 bits per heavy atom. The fourth-order valence-electron chi connectivity index (χ4n) is 0.667. The van der Waals surface area contributed by atoms with Crippen molar-refractivity contribution in [3.05, 3.63) is 0 Å². The highest BCUT2D eigenvalue weighted by molar-refractivity contribution is 8.14. The van der Waals surface area contributed by atoms with Gasteiger partial charge in [-0.3, -0.25) is 4.79 Å². The van der Waals surface area contributed by atoms with Gasteiger partial charge < -0.3 is 5.11 Å². The van der Waals surface area contributed by atoms with E-state index in [0.29, 0.717) is 6.54 Å². The molecule has 0 aromatic heterocycles. The van der Waals surface area contributed by atoms with Crippen molar-refractivity contribution < 1.29 is 9.90 Å². The molecule has 0 radical (unpaired) electrons. The number of hydrogen-bond acceptors (Lipinski definition) is 5. The first kappa shape index (κ1) is 13.6. The van der Waals surface area contributed by atoms with Crippen LogP contribution < -0.4 is 0 Å². The normalized spacial score (nSPS) is 14.6. The number of nitrogens with zero attached hydrogens (tertiary/aromatic N) is 2.